The monoisotopic (exact) mass is 270 g/mol. The summed E-state index contributed by atoms with van der Waals surface area (Å²) in [6, 6.07) is 10.2. The van der Waals surface area contributed by atoms with Gasteiger partial charge in [0.15, 0.2) is 0 Å². The standard InChI is InChI=1S/C14H10N2O4/c1-8(17)15-11-7-14-10(6-12(11)16(18)19)9-4-2-3-5-13(9)20-14/h2-7H,1H3,(H,15,17). The number of hydrogen-bond donors (Lipinski definition) is 1. The molecule has 0 bridgehead atoms. The van der Waals surface area contributed by atoms with E-state index in [4.69, 9.17) is 4.42 Å². The van der Waals surface area contributed by atoms with E-state index in [0.717, 1.165) is 5.39 Å². The first-order chi connectivity index (χ1) is 9.56. The number of anilines is 1. The number of amides is 1. The van der Waals surface area contributed by atoms with Crippen LogP contribution < -0.4 is 5.32 Å². The Morgan fingerprint density at radius 2 is 1.95 bits per heavy atom. The summed E-state index contributed by atoms with van der Waals surface area (Å²) in [5.41, 5.74) is 1.13. The number of fused-ring (bicyclic) bond motifs is 3. The van der Waals surface area contributed by atoms with Gasteiger partial charge < -0.3 is 9.73 Å². The average molecular weight is 270 g/mol. The Morgan fingerprint density at radius 3 is 2.65 bits per heavy atom. The maximum absolute atomic E-state index is 11.1. The Bertz CT molecular complexity index is 851. The van der Waals surface area contributed by atoms with E-state index in [0.29, 0.717) is 16.6 Å². The number of nitrogens with one attached hydrogen (secondary N) is 1. The van der Waals surface area contributed by atoms with Crippen molar-refractivity contribution < 1.29 is 14.1 Å². The van der Waals surface area contributed by atoms with Crippen molar-refractivity contribution in [1.82, 2.24) is 0 Å². The summed E-state index contributed by atoms with van der Waals surface area (Å²) in [5, 5.41) is 15.0. The van der Waals surface area contributed by atoms with Gasteiger partial charge in [-0.15, -0.1) is 0 Å². The van der Waals surface area contributed by atoms with E-state index < -0.39 is 4.92 Å². The smallest absolute Gasteiger partial charge is 0.293 e. The molecule has 100 valence electrons. The molecule has 0 radical (unpaired) electrons. The second-order valence-corrected chi connectivity index (χ2v) is 4.40. The lowest BCUT2D eigenvalue weighted by molar-refractivity contribution is -0.383. The fourth-order valence-electron chi connectivity index (χ4n) is 2.20. The normalized spacial score (nSPS) is 10.8. The molecular weight excluding hydrogens is 260 g/mol. The first kappa shape index (κ1) is 12.2. The van der Waals surface area contributed by atoms with Crippen LogP contribution in [0.2, 0.25) is 0 Å². The summed E-state index contributed by atoms with van der Waals surface area (Å²) in [7, 11) is 0. The molecule has 1 amide bonds. The molecule has 1 N–H and O–H groups in total. The predicted octanol–water partition coefficient (Wildman–Crippen LogP) is 3.45. The summed E-state index contributed by atoms with van der Waals surface area (Å²) in [5.74, 6) is -0.372. The van der Waals surface area contributed by atoms with Gasteiger partial charge >= 0.3 is 0 Å². The van der Waals surface area contributed by atoms with Crippen LogP contribution >= 0.6 is 0 Å². The molecule has 3 aromatic rings. The zero-order chi connectivity index (χ0) is 14.3. The van der Waals surface area contributed by atoms with Gasteiger partial charge in [0.1, 0.15) is 16.9 Å². The van der Waals surface area contributed by atoms with Gasteiger partial charge in [0.2, 0.25) is 5.91 Å². The van der Waals surface area contributed by atoms with Crippen LogP contribution in [0, 0.1) is 10.1 Å². The molecule has 6 heteroatoms. The van der Waals surface area contributed by atoms with Crippen molar-refractivity contribution in [2.45, 2.75) is 6.92 Å². The molecule has 0 saturated carbocycles. The number of nitro benzene ring substituents is 1. The van der Waals surface area contributed by atoms with Crippen molar-refractivity contribution in [3.8, 4) is 0 Å². The van der Waals surface area contributed by atoms with Gasteiger partial charge in [-0.05, 0) is 6.07 Å². The third kappa shape index (κ3) is 1.87. The summed E-state index contributed by atoms with van der Waals surface area (Å²) in [6.07, 6.45) is 0. The minimum Gasteiger partial charge on any atom is -0.456 e. The number of nitrogens with zero attached hydrogens (tertiary/aromatic N) is 1. The minimum absolute atomic E-state index is 0.133. The lowest BCUT2D eigenvalue weighted by atomic mass is 10.1. The third-order valence-electron chi connectivity index (χ3n) is 3.00. The molecule has 2 aromatic carbocycles. The second kappa shape index (κ2) is 4.34. The van der Waals surface area contributed by atoms with Gasteiger partial charge in [-0.25, -0.2) is 0 Å². The van der Waals surface area contributed by atoms with Gasteiger partial charge in [-0.3, -0.25) is 14.9 Å². The molecule has 0 fully saturated rings. The molecule has 3 rings (SSSR count). The average Bonchev–Trinajstić information content (AvgIpc) is 2.74. The number of para-hydroxylation sites is 1. The van der Waals surface area contributed by atoms with Gasteiger partial charge in [0, 0.05) is 29.8 Å². The first-order valence-corrected chi connectivity index (χ1v) is 5.93. The largest absolute Gasteiger partial charge is 0.456 e. The number of benzene rings is 2. The Kier molecular flexibility index (Phi) is 2.64. The molecule has 0 unspecified atom stereocenters. The highest BCUT2D eigenvalue weighted by atomic mass is 16.6. The van der Waals surface area contributed by atoms with E-state index in [1.54, 1.807) is 6.07 Å². The number of hydrogen-bond acceptors (Lipinski definition) is 4. The van der Waals surface area contributed by atoms with Crippen LogP contribution in [0.1, 0.15) is 6.92 Å². The van der Waals surface area contributed by atoms with Crippen molar-refractivity contribution in [1.29, 1.82) is 0 Å². The quantitative estimate of drug-likeness (QED) is 0.570. The Labute approximate surface area is 113 Å². The van der Waals surface area contributed by atoms with Crippen LogP contribution in [0.3, 0.4) is 0 Å². The fourth-order valence-corrected chi connectivity index (χ4v) is 2.20. The molecular formula is C14H10N2O4. The van der Waals surface area contributed by atoms with E-state index in [9.17, 15) is 14.9 Å². The highest BCUT2D eigenvalue weighted by molar-refractivity contribution is 6.08. The minimum atomic E-state index is -0.521. The number of carbonyl (C=O) groups is 1. The lowest BCUT2D eigenvalue weighted by Gasteiger charge is -2.03. The number of nitro groups is 1. The van der Waals surface area contributed by atoms with Crippen molar-refractivity contribution in [3.63, 3.8) is 0 Å². The molecule has 0 spiro atoms. The Hall–Kier alpha value is -2.89. The fraction of sp³-hybridized carbons (Fsp3) is 0.0714. The van der Waals surface area contributed by atoms with Crippen molar-refractivity contribution in [2.24, 2.45) is 0 Å². The highest BCUT2D eigenvalue weighted by Crippen LogP contribution is 2.36. The number of carbonyl (C=O) groups excluding carboxylic acids is 1. The van der Waals surface area contributed by atoms with Gasteiger partial charge in [-0.1, -0.05) is 18.2 Å². The van der Waals surface area contributed by atoms with E-state index in [-0.39, 0.29) is 17.3 Å². The van der Waals surface area contributed by atoms with Crippen LogP contribution in [0.4, 0.5) is 11.4 Å². The van der Waals surface area contributed by atoms with Crippen LogP contribution in [0.25, 0.3) is 21.9 Å². The molecule has 0 aliphatic carbocycles. The summed E-state index contributed by atoms with van der Waals surface area (Å²) >= 11 is 0. The third-order valence-corrected chi connectivity index (χ3v) is 3.00. The molecule has 6 nitrogen and oxygen atoms in total. The molecule has 1 heterocycles. The van der Waals surface area contributed by atoms with Crippen molar-refractivity contribution >= 4 is 39.2 Å². The van der Waals surface area contributed by atoms with Gasteiger partial charge in [-0.2, -0.15) is 0 Å². The predicted molar refractivity (Wildman–Crippen MR) is 74.7 cm³/mol. The Balaban J connectivity index is 2.34. The molecule has 1 aromatic heterocycles. The van der Waals surface area contributed by atoms with E-state index in [1.807, 2.05) is 18.2 Å². The summed E-state index contributed by atoms with van der Waals surface area (Å²) in [4.78, 5) is 21.7. The number of rotatable bonds is 2. The zero-order valence-electron chi connectivity index (χ0n) is 10.5. The Morgan fingerprint density at radius 1 is 1.20 bits per heavy atom. The van der Waals surface area contributed by atoms with E-state index in [1.165, 1.54) is 19.1 Å². The summed E-state index contributed by atoms with van der Waals surface area (Å²) in [6.45, 7) is 1.30. The molecule has 0 aliphatic heterocycles. The van der Waals surface area contributed by atoms with Gasteiger partial charge in [0.05, 0.1) is 4.92 Å². The molecule has 0 aliphatic rings. The maximum atomic E-state index is 11.1. The van der Waals surface area contributed by atoms with Crippen molar-refractivity contribution in [2.75, 3.05) is 5.32 Å². The van der Waals surface area contributed by atoms with E-state index >= 15 is 0 Å². The van der Waals surface area contributed by atoms with Crippen molar-refractivity contribution in [3.05, 3.63) is 46.5 Å². The van der Waals surface area contributed by atoms with Crippen LogP contribution in [0.15, 0.2) is 40.8 Å². The molecule has 0 atom stereocenters. The van der Waals surface area contributed by atoms with E-state index in [2.05, 4.69) is 5.32 Å². The molecule has 20 heavy (non-hydrogen) atoms. The van der Waals surface area contributed by atoms with Crippen LogP contribution in [-0.4, -0.2) is 10.8 Å². The highest BCUT2D eigenvalue weighted by Gasteiger charge is 2.19. The first-order valence-electron chi connectivity index (χ1n) is 5.93. The van der Waals surface area contributed by atoms with Crippen LogP contribution in [0.5, 0.6) is 0 Å². The number of furan rings is 1. The molecule has 0 saturated heterocycles. The van der Waals surface area contributed by atoms with Gasteiger partial charge in [0.25, 0.3) is 5.69 Å². The SMILES string of the molecule is CC(=O)Nc1cc2oc3ccccc3c2cc1[N+](=O)[O-]. The van der Waals surface area contributed by atoms with Crippen LogP contribution in [-0.2, 0) is 4.79 Å². The maximum Gasteiger partial charge on any atom is 0.293 e. The zero-order valence-corrected chi connectivity index (χ0v) is 10.5. The lowest BCUT2D eigenvalue weighted by Crippen LogP contribution is -2.07. The topological polar surface area (TPSA) is 85.4 Å². The second-order valence-electron chi connectivity index (χ2n) is 4.40. The summed E-state index contributed by atoms with van der Waals surface area (Å²) < 4.78 is 5.64.